The molecule has 0 unspecified atom stereocenters. The van der Waals surface area contributed by atoms with Crippen LogP contribution >= 0.6 is 0 Å². The second-order valence-corrected chi connectivity index (χ2v) is 5.67. The van der Waals surface area contributed by atoms with Crippen molar-refractivity contribution in [3.63, 3.8) is 0 Å². The summed E-state index contributed by atoms with van der Waals surface area (Å²) in [4.78, 5) is 23.2. The summed E-state index contributed by atoms with van der Waals surface area (Å²) in [5, 5.41) is 22.2. The molecule has 0 fully saturated rings. The Morgan fingerprint density at radius 1 is 1.22 bits per heavy atom. The van der Waals surface area contributed by atoms with Crippen LogP contribution in [0.2, 0.25) is 0 Å². The van der Waals surface area contributed by atoms with Crippen molar-refractivity contribution in [1.82, 2.24) is 0 Å². The van der Waals surface area contributed by atoms with Crippen LogP contribution in [0.3, 0.4) is 0 Å². The number of carboxylic acids is 1. The van der Waals surface area contributed by atoms with Gasteiger partial charge in [-0.1, -0.05) is 26.7 Å². The van der Waals surface area contributed by atoms with Gasteiger partial charge in [-0.2, -0.15) is 0 Å². The van der Waals surface area contributed by atoms with Crippen LogP contribution in [0.15, 0.2) is 18.2 Å². The molecule has 0 aromatic heterocycles. The van der Waals surface area contributed by atoms with Crippen molar-refractivity contribution in [3.05, 3.63) is 23.8 Å². The molecular weight excluding hydrogens is 298 g/mol. The van der Waals surface area contributed by atoms with Crippen molar-refractivity contribution in [2.75, 3.05) is 12.4 Å². The molecule has 0 heterocycles. The van der Waals surface area contributed by atoms with Crippen LogP contribution in [0.25, 0.3) is 0 Å². The number of hydrogen-bond acceptors (Lipinski definition) is 4. The molecule has 128 valence electrons. The first kappa shape index (κ1) is 19.0. The molecule has 0 atom stereocenters. The van der Waals surface area contributed by atoms with E-state index in [-0.39, 0.29) is 23.6 Å². The fourth-order valence-electron chi connectivity index (χ4n) is 2.68. The zero-order chi connectivity index (χ0) is 17.5. The van der Waals surface area contributed by atoms with Gasteiger partial charge in [0, 0.05) is 11.8 Å². The summed E-state index contributed by atoms with van der Waals surface area (Å²) in [5.74, 6) is -1.23. The maximum absolute atomic E-state index is 12.2. The third-order valence-corrected chi connectivity index (χ3v) is 3.64. The molecule has 1 aromatic rings. The predicted octanol–water partition coefficient (Wildman–Crippen LogP) is 3.05. The topological polar surface area (TPSA) is 95.9 Å². The number of methoxy groups -OCH3 is 1. The highest BCUT2D eigenvalue weighted by Gasteiger charge is 2.28. The van der Waals surface area contributed by atoms with E-state index in [9.17, 15) is 14.7 Å². The number of nitrogens with one attached hydrogen (secondary N) is 1. The van der Waals surface area contributed by atoms with Crippen LogP contribution in [-0.4, -0.2) is 34.8 Å². The number of carbonyl (C=O) groups is 2. The standard InChI is InChI=1S/C17H25NO5/c1-4-8-17(22,9-5-2)11-15(19)18-12-6-7-13(16(20)21)14(10-12)23-3/h6-7,10,22H,4-5,8-9,11H2,1-3H3,(H,18,19)(H,20,21). The lowest BCUT2D eigenvalue weighted by atomic mass is 9.89. The Morgan fingerprint density at radius 2 is 1.83 bits per heavy atom. The predicted molar refractivity (Wildman–Crippen MR) is 88.0 cm³/mol. The maximum Gasteiger partial charge on any atom is 0.339 e. The van der Waals surface area contributed by atoms with Gasteiger partial charge < -0.3 is 20.3 Å². The molecule has 0 saturated carbocycles. The Bertz CT molecular complexity index is 550. The van der Waals surface area contributed by atoms with Gasteiger partial charge in [-0.25, -0.2) is 4.79 Å². The van der Waals surface area contributed by atoms with Gasteiger partial charge in [0.25, 0.3) is 0 Å². The molecule has 6 heteroatoms. The highest BCUT2D eigenvalue weighted by Crippen LogP contribution is 2.26. The normalized spacial score (nSPS) is 11.1. The van der Waals surface area contributed by atoms with E-state index in [0.717, 1.165) is 12.8 Å². The second kappa shape index (κ2) is 8.53. The van der Waals surface area contributed by atoms with Crippen molar-refractivity contribution in [1.29, 1.82) is 0 Å². The number of aliphatic hydroxyl groups is 1. The summed E-state index contributed by atoms with van der Waals surface area (Å²) < 4.78 is 5.03. The molecule has 6 nitrogen and oxygen atoms in total. The van der Waals surface area contributed by atoms with Crippen LogP contribution in [0.5, 0.6) is 5.75 Å². The van der Waals surface area contributed by atoms with E-state index in [4.69, 9.17) is 9.84 Å². The molecule has 0 bridgehead atoms. The minimum atomic E-state index is -1.10. The Kier molecular flexibility index (Phi) is 7.03. The minimum absolute atomic E-state index is 0.0116. The first-order chi connectivity index (χ1) is 10.8. The van der Waals surface area contributed by atoms with Crippen molar-refractivity contribution >= 4 is 17.6 Å². The lowest BCUT2D eigenvalue weighted by Gasteiger charge is -2.26. The number of ether oxygens (including phenoxy) is 1. The number of benzene rings is 1. The molecule has 0 radical (unpaired) electrons. The van der Waals surface area contributed by atoms with E-state index in [2.05, 4.69) is 5.32 Å². The average Bonchev–Trinajstić information content (AvgIpc) is 2.46. The molecule has 23 heavy (non-hydrogen) atoms. The van der Waals surface area contributed by atoms with Crippen LogP contribution in [0.4, 0.5) is 5.69 Å². The SMILES string of the molecule is CCCC(O)(CCC)CC(=O)Nc1ccc(C(=O)O)c(OC)c1. The minimum Gasteiger partial charge on any atom is -0.496 e. The van der Waals surface area contributed by atoms with Gasteiger partial charge in [0.2, 0.25) is 5.91 Å². The van der Waals surface area contributed by atoms with E-state index in [0.29, 0.717) is 18.5 Å². The first-order valence-corrected chi connectivity index (χ1v) is 7.78. The van der Waals surface area contributed by atoms with Crippen LogP contribution < -0.4 is 10.1 Å². The maximum atomic E-state index is 12.2. The van der Waals surface area contributed by atoms with E-state index in [1.807, 2.05) is 13.8 Å². The number of aromatic carboxylic acids is 1. The number of amides is 1. The summed E-state index contributed by atoms with van der Waals surface area (Å²) in [6, 6.07) is 4.34. The zero-order valence-electron chi connectivity index (χ0n) is 13.9. The third-order valence-electron chi connectivity index (χ3n) is 3.64. The van der Waals surface area contributed by atoms with Crippen molar-refractivity contribution in [2.45, 2.75) is 51.6 Å². The smallest absolute Gasteiger partial charge is 0.339 e. The Hall–Kier alpha value is -2.08. The van der Waals surface area contributed by atoms with Gasteiger partial charge in [-0.3, -0.25) is 4.79 Å². The van der Waals surface area contributed by atoms with Crippen molar-refractivity contribution < 1.29 is 24.5 Å². The average molecular weight is 323 g/mol. The lowest BCUT2D eigenvalue weighted by Crippen LogP contribution is -2.33. The molecule has 1 aromatic carbocycles. The van der Waals surface area contributed by atoms with Gasteiger partial charge in [0.1, 0.15) is 11.3 Å². The van der Waals surface area contributed by atoms with Gasteiger partial charge in [-0.05, 0) is 25.0 Å². The highest BCUT2D eigenvalue weighted by molar-refractivity contribution is 5.94. The monoisotopic (exact) mass is 323 g/mol. The Labute approximate surface area is 136 Å². The molecular formula is C17H25NO5. The van der Waals surface area contributed by atoms with Gasteiger partial charge in [0.05, 0.1) is 19.1 Å². The fourth-order valence-corrected chi connectivity index (χ4v) is 2.68. The Morgan fingerprint density at radius 3 is 2.30 bits per heavy atom. The zero-order valence-corrected chi connectivity index (χ0v) is 13.9. The number of carboxylic acid groups (broad SMARTS) is 1. The molecule has 3 N–H and O–H groups in total. The lowest BCUT2D eigenvalue weighted by molar-refractivity contribution is -0.121. The summed E-state index contributed by atoms with van der Waals surface area (Å²) in [5.41, 5.74) is -0.537. The quantitative estimate of drug-likeness (QED) is 0.649. The molecule has 0 saturated heterocycles. The summed E-state index contributed by atoms with van der Waals surface area (Å²) >= 11 is 0. The number of rotatable bonds is 9. The largest absolute Gasteiger partial charge is 0.496 e. The molecule has 0 aliphatic rings. The van der Waals surface area contributed by atoms with E-state index < -0.39 is 11.6 Å². The highest BCUT2D eigenvalue weighted by atomic mass is 16.5. The Balaban J connectivity index is 2.82. The van der Waals surface area contributed by atoms with Crippen LogP contribution in [-0.2, 0) is 4.79 Å². The van der Waals surface area contributed by atoms with E-state index >= 15 is 0 Å². The summed E-state index contributed by atoms with van der Waals surface area (Å²) in [6.07, 6.45) is 2.73. The van der Waals surface area contributed by atoms with Gasteiger partial charge in [0.15, 0.2) is 0 Å². The first-order valence-electron chi connectivity index (χ1n) is 7.78. The molecule has 0 aliphatic heterocycles. The van der Waals surface area contributed by atoms with E-state index in [1.54, 1.807) is 0 Å². The van der Waals surface area contributed by atoms with Crippen LogP contribution in [0, 0.1) is 0 Å². The fraction of sp³-hybridized carbons (Fsp3) is 0.529. The molecule has 1 amide bonds. The van der Waals surface area contributed by atoms with Gasteiger partial charge in [-0.15, -0.1) is 0 Å². The summed E-state index contributed by atoms with van der Waals surface area (Å²) in [6.45, 7) is 3.93. The summed E-state index contributed by atoms with van der Waals surface area (Å²) in [7, 11) is 1.37. The number of anilines is 1. The third kappa shape index (κ3) is 5.56. The molecule has 1 rings (SSSR count). The van der Waals surface area contributed by atoms with E-state index in [1.165, 1.54) is 25.3 Å². The van der Waals surface area contributed by atoms with Gasteiger partial charge >= 0.3 is 5.97 Å². The van der Waals surface area contributed by atoms with Crippen molar-refractivity contribution in [3.8, 4) is 5.75 Å². The second-order valence-electron chi connectivity index (χ2n) is 5.67. The number of carbonyl (C=O) groups excluding carboxylic acids is 1. The molecule has 0 aliphatic carbocycles. The number of hydrogen-bond donors (Lipinski definition) is 3. The molecule has 0 spiro atoms. The van der Waals surface area contributed by atoms with Crippen molar-refractivity contribution in [2.24, 2.45) is 0 Å². The van der Waals surface area contributed by atoms with Crippen LogP contribution in [0.1, 0.15) is 56.3 Å².